The summed E-state index contributed by atoms with van der Waals surface area (Å²) < 4.78 is 0. The van der Waals surface area contributed by atoms with E-state index in [9.17, 15) is 15.2 Å². The van der Waals surface area contributed by atoms with E-state index in [1.165, 1.54) is 6.07 Å². The summed E-state index contributed by atoms with van der Waals surface area (Å²) in [6.07, 6.45) is 1.45. The molecule has 1 fully saturated rings. The second kappa shape index (κ2) is 2.27. The summed E-state index contributed by atoms with van der Waals surface area (Å²) in [5, 5.41) is 20.0. The van der Waals surface area contributed by atoms with Gasteiger partial charge in [0.05, 0.1) is 10.5 Å². The molecule has 1 N–H and O–H groups in total. The van der Waals surface area contributed by atoms with Gasteiger partial charge in [0.1, 0.15) is 0 Å². The van der Waals surface area contributed by atoms with Gasteiger partial charge >= 0.3 is 5.00 Å². The highest BCUT2D eigenvalue weighted by Gasteiger charge is 2.44. The summed E-state index contributed by atoms with van der Waals surface area (Å²) in [5.74, 6) is 0. The smallest absolute Gasteiger partial charge is 0.324 e. The second-order valence-corrected chi connectivity index (χ2v) is 3.99. The Bertz CT molecular complexity index is 329. The zero-order valence-electron chi connectivity index (χ0n) is 6.19. The average Bonchev–Trinajstić information content (AvgIpc) is 2.61. The highest BCUT2D eigenvalue weighted by atomic mass is 32.1. The standard InChI is InChI=1S/C7H7NO3S/c9-7(3-4-7)5-1-2-6(12-5)8(10)11/h1-2,9H,3-4H2. The Hall–Kier alpha value is -0.940. The maximum absolute atomic E-state index is 10.3. The highest BCUT2D eigenvalue weighted by Crippen LogP contribution is 2.48. The molecule has 0 amide bonds. The predicted molar refractivity (Wildman–Crippen MR) is 44.1 cm³/mol. The lowest BCUT2D eigenvalue weighted by molar-refractivity contribution is -0.380. The third-order valence-electron chi connectivity index (χ3n) is 1.95. The van der Waals surface area contributed by atoms with Crippen LogP contribution in [0, 0.1) is 10.1 Å². The van der Waals surface area contributed by atoms with E-state index < -0.39 is 10.5 Å². The van der Waals surface area contributed by atoms with Crippen molar-refractivity contribution in [3.8, 4) is 0 Å². The molecule has 0 aliphatic heterocycles. The van der Waals surface area contributed by atoms with E-state index >= 15 is 0 Å². The quantitative estimate of drug-likeness (QED) is 0.562. The molecule has 0 atom stereocenters. The van der Waals surface area contributed by atoms with Crippen LogP contribution < -0.4 is 0 Å². The van der Waals surface area contributed by atoms with Crippen molar-refractivity contribution >= 4 is 16.3 Å². The van der Waals surface area contributed by atoms with Crippen molar-refractivity contribution in [2.75, 3.05) is 0 Å². The molecule has 0 radical (unpaired) electrons. The van der Waals surface area contributed by atoms with E-state index in [1.54, 1.807) is 6.07 Å². The van der Waals surface area contributed by atoms with Crippen LogP contribution in [0.3, 0.4) is 0 Å². The van der Waals surface area contributed by atoms with Gasteiger partial charge in [-0.3, -0.25) is 10.1 Å². The third-order valence-corrected chi connectivity index (χ3v) is 3.18. The van der Waals surface area contributed by atoms with Crippen molar-refractivity contribution in [1.29, 1.82) is 0 Å². The lowest BCUT2D eigenvalue weighted by Gasteiger charge is -2.00. The van der Waals surface area contributed by atoms with Crippen LogP contribution in [0.25, 0.3) is 0 Å². The summed E-state index contributed by atoms with van der Waals surface area (Å²) >= 11 is 1.06. The fourth-order valence-electron chi connectivity index (χ4n) is 1.04. The van der Waals surface area contributed by atoms with Crippen molar-refractivity contribution in [3.05, 3.63) is 27.1 Å². The van der Waals surface area contributed by atoms with E-state index in [-0.39, 0.29) is 5.00 Å². The van der Waals surface area contributed by atoms with Crippen LogP contribution in [0.1, 0.15) is 17.7 Å². The molecule has 0 spiro atoms. The number of rotatable bonds is 2. The van der Waals surface area contributed by atoms with Crippen LogP contribution >= 0.6 is 11.3 Å². The molecule has 0 bridgehead atoms. The van der Waals surface area contributed by atoms with Crippen LogP contribution in [0.15, 0.2) is 12.1 Å². The summed E-state index contributed by atoms with van der Waals surface area (Å²) in [4.78, 5) is 10.6. The zero-order chi connectivity index (χ0) is 8.77. The molecule has 0 saturated heterocycles. The number of thiophene rings is 1. The largest absolute Gasteiger partial charge is 0.384 e. The van der Waals surface area contributed by atoms with Gasteiger partial charge in [-0.05, 0) is 18.9 Å². The van der Waals surface area contributed by atoms with Gasteiger partial charge in [-0.2, -0.15) is 0 Å². The van der Waals surface area contributed by atoms with Gasteiger partial charge < -0.3 is 5.11 Å². The Morgan fingerprint density at radius 2 is 2.25 bits per heavy atom. The minimum Gasteiger partial charge on any atom is -0.384 e. The molecule has 1 saturated carbocycles. The van der Waals surface area contributed by atoms with Gasteiger partial charge in [-0.15, -0.1) is 0 Å². The van der Waals surface area contributed by atoms with Crippen molar-refractivity contribution in [2.45, 2.75) is 18.4 Å². The zero-order valence-corrected chi connectivity index (χ0v) is 7.00. The molecule has 1 aromatic rings. The lowest BCUT2D eigenvalue weighted by Crippen LogP contribution is -1.99. The molecular formula is C7H7NO3S. The monoisotopic (exact) mass is 185 g/mol. The first kappa shape index (κ1) is 7.70. The van der Waals surface area contributed by atoms with E-state index in [2.05, 4.69) is 0 Å². The maximum Gasteiger partial charge on any atom is 0.324 e. The number of nitro groups is 1. The first-order valence-corrected chi connectivity index (χ1v) is 4.40. The molecule has 1 aromatic heterocycles. The van der Waals surface area contributed by atoms with Gasteiger partial charge in [0.2, 0.25) is 0 Å². The molecule has 2 rings (SSSR count). The highest BCUT2D eigenvalue weighted by molar-refractivity contribution is 7.15. The Kier molecular flexibility index (Phi) is 1.46. The van der Waals surface area contributed by atoms with Crippen LogP contribution in [-0.2, 0) is 5.60 Å². The molecule has 1 heterocycles. The van der Waals surface area contributed by atoms with Crippen LogP contribution in [0.5, 0.6) is 0 Å². The van der Waals surface area contributed by atoms with Crippen molar-refractivity contribution < 1.29 is 10.0 Å². The molecule has 4 nitrogen and oxygen atoms in total. The minimum absolute atomic E-state index is 0.102. The van der Waals surface area contributed by atoms with Gasteiger partial charge in [-0.25, -0.2) is 0 Å². The van der Waals surface area contributed by atoms with Crippen molar-refractivity contribution in [3.63, 3.8) is 0 Å². The first-order chi connectivity index (χ1) is 5.62. The van der Waals surface area contributed by atoms with Crippen molar-refractivity contribution in [1.82, 2.24) is 0 Å². The van der Waals surface area contributed by atoms with Gasteiger partial charge in [0.15, 0.2) is 0 Å². The van der Waals surface area contributed by atoms with E-state index in [1.807, 2.05) is 0 Å². The van der Waals surface area contributed by atoms with Crippen LogP contribution in [0.2, 0.25) is 0 Å². The van der Waals surface area contributed by atoms with Gasteiger partial charge in [-0.1, -0.05) is 11.3 Å². The molecule has 0 unspecified atom stereocenters. The SMILES string of the molecule is O=[N+]([O-])c1ccc(C2(O)CC2)s1. The fourth-order valence-corrected chi connectivity index (χ4v) is 2.01. The Labute approximate surface area is 72.6 Å². The summed E-state index contributed by atoms with van der Waals surface area (Å²) in [7, 11) is 0. The van der Waals surface area contributed by atoms with Crippen LogP contribution in [0.4, 0.5) is 5.00 Å². The molecule has 5 heteroatoms. The Morgan fingerprint density at radius 3 is 2.67 bits per heavy atom. The number of hydrogen-bond donors (Lipinski definition) is 1. The average molecular weight is 185 g/mol. The summed E-state index contributed by atoms with van der Waals surface area (Å²) in [6, 6.07) is 3.08. The topological polar surface area (TPSA) is 63.4 Å². The number of nitrogens with zero attached hydrogens (tertiary/aromatic N) is 1. The second-order valence-electron chi connectivity index (χ2n) is 2.93. The fraction of sp³-hybridized carbons (Fsp3) is 0.429. The third kappa shape index (κ3) is 1.11. The molecule has 64 valence electrons. The van der Waals surface area contributed by atoms with E-state index in [0.717, 1.165) is 24.2 Å². The van der Waals surface area contributed by atoms with Gasteiger partial charge in [0, 0.05) is 10.9 Å². The number of aliphatic hydroxyl groups is 1. The minimum atomic E-state index is -0.737. The maximum atomic E-state index is 10.3. The molecule has 12 heavy (non-hydrogen) atoms. The normalized spacial score (nSPS) is 19.1. The molecule has 1 aliphatic carbocycles. The summed E-state index contributed by atoms with van der Waals surface area (Å²) in [5.41, 5.74) is -0.737. The van der Waals surface area contributed by atoms with E-state index in [4.69, 9.17) is 0 Å². The van der Waals surface area contributed by atoms with Gasteiger partial charge in [0.25, 0.3) is 0 Å². The number of hydrogen-bond acceptors (Lipinski definition) is 4. The predicted octanol–water partition coefficient (Wildman–Crippen LogP) is 1.64. The first-order valence-electron chi connectivity index (χ1n) is 3.59. The molecule has 0 aromatic carbocycles. The molecule has 1 aliphatic rings. The summed E-state index contributed by atoms with van der Waals surface area (Å²) in [6.45, 7) is 0. The molecular weight excluding hydrogens is 178 g/mol. The van der Waals surface area contributed by atoms with E-state index in [0.29, 0.717) is 4.88 Å². The lowest BCUT2D eigenvalue weighted by atomic mass is 10.3. The Balaban J connectivity index is 2.30. The Morgan fingerprint density at radius 1 is 1.58 bits per heavy atom. The van der Waals surface area contributed by atoms with Crippen LogP contribution in [-0.4, -0.2) is 10.0 Å². The van der Waals surface area contributed by atoms with Crippen molar-refractivity contribution in [2.24, 2.45) is 0 Å².